The summed E-state index contributed by atoms with van der Waals surface area (Å²) in [5, 5.41) is 0. The Morgan fingerprint density at radius 1 is 0.810 bits per heavy atom. The lowest BCUT2D eigenvalue weighted by Gasteiger charge is -2.11. The van der Waals surface area contributed by atoms with Crippen LogP contribution in [0.3, 0.4) is 0 Å². The molecule has 0 spiro atoms. The predicted octanol–water partition coefficient (Wildman–Crippen LogP) is 2.26. The van der Waals surface area contributed by atoms with E-state index in [1.165, 1.54) is 0 Å². The summed E-state index contributed by atoms with van der Waals surface area (Å²) in [7, 11) is 7.78. The molecule has 0 heterocycles. The molecule has 0 aliphatic rings. The van der Waals surface area contributed by atoms with Crippen LogP contribution in [-0.2, 0) is 0 Å². The summed E-state index contributed by atoms with van der Waals surface area (Å²) in [6.45, 7) is 3.36. The van der Waals surface area contributed by atoms with Gasteiger partial charge in [0.1, 0.15) is 0 Å². The Morgan fingerprint density at radius 2 is 1.19 bits per heavy atom. The van der Waals surface area contributed by atoms with E-state index in [1.807, 2.05) is 57.0 Å². The van der Waals surface area contributed by atoms with E-state index >= 15 is 0 Å². The summed E-state index contributed by atoms with van der Waals surface area (Å²) in [4.78, 5) is 28.4. The number of carbonyl (C=O) groups is 2. The van der Waals surface area contributed by atoms with Crippen LogP contribution < -0.4 is 0 Å². The number of carbonyl (C=O) groups excluding carboxylic acids is 2. The van der Waals surface area contributed by atoms with Gasteiger partial charge in [-0.15, -0.1) is 0 Å². The molecule has 21 heavy (non-hydrogen) atoms. The third-order valence-electron chi connectivity index (χ3n) is 3.29. The summed E-state index contributed by atoms with van der Waals surface area (Å²) in [5.74, 6) is 0.183. The summed E-state index contributed by atoms with van der Waals surface area (Å²) in [6.07, 6.45) is 0.948. The Hall–Kier alpha value is -1.52. The number of ketones is 2. The molecule has 0 aromatic heterocycles. The topological polar surface area (TPSA) is 40.6 Å². The van der Waals surface area contributed by atoms with Crippen molar-refractivity contribution in [2.45, 2.75) is 19.8 Å². The number of hydrogen-bond acceptors (Lipinski definition) is 4. The first-order chi connectivity index (χ1) is 9.79. The standard InChI is InChI=1S/C17H26N2O2/c1-13-10-14(16(20)6-8-18(2)3)12-15(11-13)17(21)7-9-19(4)5/h10-12H,6-9H2,1-5H3. The Morgan fingerprint density at radius 3 is 1.52 bits per heavy atom. The molecule has 0 amide bonds. The van der Waals surface area contributed by atoms with Gasteiger partial charge in [0.05, 0.1) is 0 Å². The van der Waals surface area contributed by atoms with Crippen LogP contribution in [0.25, 0.3) is 0 Å². The fourth-order valence-corrected chi connectivity index (χ4v) is 2.04. The van der Waals surface area contributed by atoms with E-state index in [0.717, 1.165) is 18.7 Å². The lowest BCUT2D eigenvalue weighted by Crippen LogP contribution is -2.18. The third kappa shape index (κ3) is 6.19. The van der Waals surface area contributed by atoms with E-state index in [9.17, 15) is 9.59 Å². The highest BCUT2D eigenvalue weighted by molar-refractivity contribution is 6.01. The second-order valence-corrected chi connectivity index (χ2v) is 6.04. The first kappa shape index (κ1) is 17.5. The van der Waals surface area contributed by atoms with Crippen LogP contribution in [0.15, 0.2) is 18.2 Å². The number of Topliss-reactive ketones (excluding diaryl/α,β-unsaturated/α-hetero) is 2. The lowest BCUT2D eigenvalue weighted by atomic mass is 9.98. The van der Waals surface area contributed by atoms with E-state index in [2.05, 4.69) is 0 Å². The van der Waals surface area contributed by atoms with Crippen molar-refractivity contribution in [2.24, 2.45) is 0 Å². The molecule has 0 atom stereocenters. The van der Waals surface area contributed by atoms with Crippen LogP contribution in [0.2, 0.25) is 0 Å². The smallest absolute Gasteiger partial charge is 0.164 e. The first-order valence-electron chi connectivity index (χ1n) is 7.27. The van der Waals surface area contributed by atoms with Gasteiger partial charge in [-0.2, -0.15) is 0 Å². The second-order valence-electron chi connectivity index (χ2n) is 6.04. The molecule has 0 N–H and O–H groups in total. The minimum Gasteiger partial charge on any atom is -0.309 e. The SMILES string of the molecule is Cc1cc(C(=O)CCN(C)C)cc(C(=O)CCN(C)C)c1. The summed E-state index contributed by atoms with van der Waals surface area (Å²) in [5.41, 5.74) is 2.24. The highest BCUT2D eigenvalue weighted by atomic mass is 16.1. The zero-order valence-electron chi connectivity index (χ0n) is 13.8. The Labute approximate surface area is 127 Å². The van der Waals surface area contributed by atoms with E-state index < -0.39 is 0 Å². The molecule has 0 aliphatic carbocycles. The van der Waals surface area contributed by atoms with E-state index in [4.69, 9.17) is 0 Å². The van der Waals surface area contributed by atoms with Crippen LogP contribution in [0.5, 0.6) is 0 Å². The molecule has 0 bridgehead atoms. The van der Waals surface area contributed by atoms with Gasteiger partial charge < -0.3 is 9.80 Å². The van der Waals surface area contributed by atoms with Crippen LogP contribution in [0.4, 0.5) is 0 Å². The van der Waals surface area contributed by atoms with Crippen molar-refractivity contribution in [1.82, 2.24) is 9.80 Å². The number of nitrogens with zero attached hydrogens (tertiary/aromatic N) is 2. The fraction of sp³-hybridized carbons (Fsp3) is 0.529. The van der Waals surface area contributed by atoms with Crippen molar-refractivity contribution in [3.05, 3.63) is 34.9 Å². The number of rotatable bonds is 8. The van der Waals surface area contributed by atoms with Gasteiger partial charge in [-0.1, -0.05) is 0 Å². The number of aryl methyl sites for hydroxylation is 1. The second kappa shape index (κ2) is 8.05. The molecule has 0 saturated heterocycles. The molecule has 1 aromatic carbocycles. The third-order valence-corrected chi connectivity index (χ3v) is 3.29. The maximum atomic E-state index is 12.2. The van der Waals surface area contributed by atoms with Crippen LogP contribution in [0, 0.1) is 6.92 Å². The average molecular weight is 290 g/mol. The molecular formula is C17H26N2O2. The minimum absolute atomic E-state index is 0.0917. The van der Waals surface area contributed by atoms with Gasteiger partial charge in [-0.05, 0) is 58.9 Å². The van der Waals surface area contributed by atoms with Crippen molar-refractivity contribution in [3.63, 3.8) is 0 Å². The molecule has 1 rings (SSSR count). The van der Waals surface area contributed by atoms with E-state index in [-0.39, 0.29) is 11.6 Å². The van der Waals surface area contributed by atoms with Crippen LogP contribution in [0.1, 0.15) is 39.1 Å². The van der Waals surface area contributed by atoms with Gasteiger partial charge in [0.25, 0.3) is 0 Å². The summed E-state index contributed by atoms with van der Waals surface area (Å²) < 4.78 is 0. The first-order valence-corrected chi connectivity index (χ1v) is 7.27. The van der Waals surface area contributed by atoms with E-state index in [1.54, 1.807) is 6.07 Å². The predicted molar refractivity (Wildman–Crippen MR) is 86.2 cm³/mol. The molecule has 116 valence electrons. The highest BCUT2D eigenvalue weighted by Gasteiger charge is 2.12. The molecule has 0 saturated carbocycles. The largest absolute Gasteiger partial charge is 0.309 e. The van der Waals surface area contributed by atoms with E-state index in [0.29, 0.717) is 24.0 Å². The van der Waals surface area contributed by atoms with Crippen molar-refractivity contribution < 1.29 is 9.59 Å². The maximum Gasteiger partial charge on any atom is 0.164 e. The molecule has 4 heteroatoms. The molecular weight excluding hydrogens is 264 g/mol. The number of hydrogen-bond donors (Lipinski definition) is 0. The van der Waals surface area contributed by atoms with Crippen LogP contribution >= 0.6 is 0 Å². The average Bonchev–Trinajstić information content (AvgIpc) is 2.41. The molecule has 0 radical (unpaired) electrons. The fourth-order valence-electron chi connectivity index (χ4n) is 2.04. The molecule has 4 nitrogen and oxygen atoms in total. The molecule has 0 unspecified atom stereocenters. The lowest BCUT2D eigenvalue weighted by molar-refractivity contribution is 0.0972. The van der Waals surface area contributed by atoms with Gasteiger partial charge in [-0.25, -0.2) is 0 Å². The quantitative estimate of drug-likeness (QED) is 0.689. The summed E-state index contributed by atoms with van der Waals surface area (Å²) in [6, 6.07) is 5.46. The van der Waals surface area contributed by atoms with Gasteiger partial charge >= 0.3 is 0 Å². The Kier molecular flexibility index (Phi) is 6.72. The van der Waals surface area contributed by atoms with Gasteiger partial charge in [0.15, 0.2) is 11.6 Å². The van der Waals surface area contributed by atoms with Gasteiger partial charge in [0.2, 0.25) is 0 Å². The molecule has 1 aromatic rings. The summed E-state index contributed by atoms with van der Waals surface area (Å²) >= 11 is 0. The van der Waals surface area contributed by atoms with Crippen molar-refractivity contribution in [1.29, 1.82) is 0 Å². The van der Waals surface area contributed by atoms with Crippen molar-refractivity contribution in [2.75, 3.05) is 41.3 Å². The zero-order chi connectivity index (χ0) is 16.0. The van der Waals surface area contributed by atoms with Gasteiger partial charge in [-0.3, -0.25) is 9.59 Å². The zero-order valence-corrected chi connectivity index (χ0v) is 13.8. The van der Waals surface area contributed by atoms with Gasteiger partial charge in [0, 0.05) is 37.1 Å². The van der Waals surface area contributed by atoms with Crippen molar-refractivity contribution in [3.8, 4) is 0 Å². The maximum absolute atomic E-state index is 12.2. The molecule has 0 aliphatic heterocycles. The monoisotopic (exact) mass is 290 g/mol. The van der Waals surface area contributed by atoms with Crippen molar-refractivity contribution >= 4 is 11.6 Å². The normalized spacial score (nSPS) is 11.2. The number of benzene rings is 1. The highest BCUT2D eigenvalue weighted by Crippen LogP contribution is 2.14. The molecule has 0 fully saturated rings. The van der Waals surface area contributed by atoms with Crippen LogP contribution in [-0.4, -0.2) is 62.6 Å². The minimum atomic E-state index is 0.0917. The Bertz CT molecular complexity index is 465. The Balaban J connectivity index is 2.84.